The van der Waals surface area contributed by atoms with Crippen LogP contribution in [-0.2, 0) is 19.2 Å². The van der Waals surface area contributed by atoms with E-state index in [1.165, 1.54) is 0 Å². The lowest BCUT2D eigenvalue weighted by molar-refractivity contribution is -0.193. The summed E-state index contributed by atoms with van der Waals surface area (Å²) in [7, 11) is 0. The second-order valence-electron chi connectivity index (χ2n) is 2.64. The van der Waals surface area contributed by atoms with Gasteiger partial charge in [0.25, 0.3) is 11.8 Å². The zero-order valence-corrected chi connectivity index (χ0v) is 8.59. The molecule has 0 radical (unpaired) electrons. The highest BCUT2D eigenvalue weighted by molar-refractivity contribution is 6.02. The molecule has 0 unspecified atom stereocenters. The molecule has 1 rings (SSSR count). The Balaban J connectivity index is 0.000000487. The fourth-order valence-electron chi connectivity index (χ4n) is 0.785. The molecule has 0 bridgehead atoms. The minimum Gasteiger partial charge on any atom is -0.394 e. The highest BCUT2D eigenvalue weighted by atomic mass is 16.7. The molecule has 16 heavy (non-hydrogen) atoms. The Morgan fingerprint density at radius 2 is 1.75 bits per heavy atom. The molecule has 2 amide bonds. The Labute approximate surface area is 91.9 Å². The van der Waals surface area contributed by atoms with E-state index in [0.29, 0.717) is 5.06 Å². The van der Waals surface area contributed by atoms with Gasteiger partial charge in [0.05, 0.1) is 13.2 Å². The molecule has 1 saturated heterocycles. The fraction of sp³-hybridized carbons (Fsp3) is 0.444. The molecule has 1 heterocycles. The van der Waals surface area contributed by atoms with Gasteiger partial charge < -0.3 is 15.1 Å². The Bertz CT molecular complexity index is 270. The Hall–Kier alpha value is -1.73. The van der Waals surface area contributed by atoms with E-state index in [1.807, 2.05) is 0 Å². The summed E-state index contributed by atoms with van der Waals surface area (Å²) in [5, 5.41) is 15.7. The fourth-order valence-corrected chi connectivity index (χ4v) is 0.785. The minimum atomic E-state index is -0.807. The van der Waals surface area contributed by atoms with Crippen molar-refractivity contribution in [3.63, 3.8) is 0 Å². The summed E-state index contributed by atoms with van der Waals surface area (Å²) in [6.45, 7) is 2.88. The molecule has 0 aromatic heterocycles. The maximum Gasteiger partial charge on any atom is 0.356 e. The van der Waals surface area contributed by atoms with E-state index in [4.69, 9.17) is 10.2 Å². The number of aliphatic hydroxyl groups is 2. The quantitative estimate of drug-likeness (QED) is 0.464. The Morgan fingerprint density at radius 1 is 1.31 bits per heavy atom. The van der Waals surface area contributed by atoms with Gasteiger partial charge in [-0.05, 0) is 0 Å². The zero-order valence-electron chi connectivity index (χ0n) is 8.59. The number of imide groups is 1. The summed E-state index contributed by atoms with van der Waals surface area (Å²) in [4.78, 5) is 36.6. The van der Waals surface area contributed by atoms with Crippen molar-refractivity contribution < 1.29 is 29.4 Å². The van der Waals surface area contributed by atoms with Crippen LogP contribution in [0.3, 0.4) is 0 Å². The minimum absolute atomic E-state index is 0.100. The Kier molecular flexibility index (Phi) is 6.73. The lowest BCUT2D eigenvalue weighted by atomic mass is 10.4. The van der Waals surface area contributed by atoms with Crippen molar-refractivity contribution in [1.82, 2.24) is 5.06 Å². The first-order chi connectivity index (χ1) is 7.56. The predicted molar refractivity (Wildman–Crippen MR) is 51.5 cm³/mol. The third kappa shape index (κ3) is 4.67. The van der Waals surface area contributed by atoms with Crippen molar-refractivity contribution in [2.45, 2.75) is 12.8 Å². The van der Waals surface area contributed by atoms with Crippen LogP contribution in [-0.4, -0.2) is 46.3 Å². The number of nitrogens with zero attached hydrogens (tertiary/aromatic N) is 1. The first kappa shape index (κ1) is 14.3. The van der Waals surface area contributed by atoms with Gasteiger partial charge in [0.15, 0.2) is 0 Å². The van der Waals surface area contributed by atoms with E-state index in [2.05, 4.69) is 11.4 Å². The van der Waals surface area contributed by atoms with E-state index in [1.54, 1.807) is 0 Å². The second-order valence-corrected chi connectivity index (χ2v) is 2.64. The summed E-state index contributed by atoms with van der Waals surface area (Å²) in [6, 6.07) is 0. The molecule has 0 aliphatic carbocycles. The van der Waals surface area contributed by atoms with Gasteiger partial charge in [0.2, 0.25) is 0 Å². The van der Waals surface area contributed by atoms with Gasteiger partial charge in [-0.15, -0.1) is 5.06 Å². The summed E-state index contributed by atoms with van der Waals surface area (Å²) in [5.74, 6) is -1.79. The molecule has 0 spiro atoms. The lowest BCUT2D eigenvalue weighted by Gasteiger charge is -2.09. The molecule has 0 atom stereocenters. The molecule has 1 aliphatic heterocycles. The zero-order chi connectivity index (χ0) is 12.6. The largest absolute Gasteiger partial charge is 0.394 e. The van der Waals surface area contributed by atoms with Gasteiger partial charge in [0.1, 0.15) is 0 Å². The Morgan fingerprint density at radius 3 is 2.06 bits per heavy atom. The SMILES string of the molecule is C=CC(=O)ON1C(=O)CCC1=O.OCCO. The monoisotopic (exact) mass is 231 g/mol. The summed E-state index contributed by atoms with van der Waals surface area (Å²) >= 11 is 0. The van der Waals surface area contributed by atoms with Crippen molar-refractivity contribution in [3.05, 3.63) is 12.7 Å². The predicted octanol–water partition coefficient (Wildman–Crippen LogP) is -1.25. The number of carbonyl (C=O) groups excluding carboxylic acids is 3. The van der Waals surface area contributed by atoms with Crippen molar-refractivity contribution in [2.75, 3.05) is 13.2 Å². The molecule has 1 aliphatic rings. The van der Waals surface area contributed by atoms with Crippen LogP contribution in [0.15, 0.2) is 12.7 Å². The summed E-state index contributed by atoms with van der Waals surface area (Å²) in [6.07, 6.45) is 1.09. The number of hydroxylamine groups is 2. The molecule has 7 heteroatoms. The summed E-state index contributed by atoms with van der Waals surface area (Å²) < 4.78 is 0. The first-order valence-corrected chi connectivity index (χ1v) is 4.48. The van der Waals surface area contributed by atoms with Gasteiger partial charge in [-0.2, -0.15) is 0 Å². The van der Waals surface area contributed by atoms with Crippen LogP contribution >= 0.6 is 0 Å². The molecular formula is C9H13NO6. The molecule has 1 fully saturated rings. The molecule has 7 nitrogen and oxygen atoms in total. The van der Waals surface area contributed by atoms with Crippen molar-refractivity contribution in [1.29, 1.82) is 0 Å². The van der Waals surface area contributed by atoms with Gasteiger partial charge in [0, 0.05) is 18.9 Å². The molecule has 0 saturated carbocycles. The number of carbonyl (C=O) groups is 3. The van der Waals surface area contributed by atoms with E-state index in [0.717, 1.165) is 6.08 Å². The van der Waals surface area contributed by atoms with Crippen molar-refractivity contribution in [2.24, 2.45) is 0 Å². The first-order valence-electron chi connectivity index (χ1n) is 4.48. The third-order valence-electron chi connectivity index (χ3n) is 1.45. The molecule has 0 aromatic carbocycles. The molecule has 2 N–H and O–H groups in total. The van der Waals surface area contributed by atoms with Gasteiger partial charge in [-0.1, -0.05) is 6.58 Å². The molecular weight excluding hydrogens is 218 g/mol. The van der Waals surface area contributed by atoms with Crippen LogP contribution in [0.25, 0.3) is 0 Å². The third-order valence-corrected chi connectivity index (χ3v) is 1.45. The molecule has 0 aromatic rings. The number of hydrogen-bond donors (Lipinski definition) is 2. The highest BCUT2D eigenvalue weighted by Crippen LogP contribution is 2.11. The number of amides is 2. The van der Waals surface area contributed by atoms with Crippen LogP contribution in [0.5, 0.6) is 0 Å². The number of hydrogen-bond acceptors (Lipinski definition) is 6. The van der Waals surface area contributed by atoms with Crippen LogP contribution in [0.2, 0.25) is 0 Å². The average molecular weight is 231 g/mol. The van der Waals surface area contributed by atoms with E-state index < -0.39 is 17.8 Å². The standard InChI is InChI=1S/C7H7NO4.C2H6O2/c1-2-7(11)12-8-5(9)3-4-6(8)10;3-1-2-4/h2H,1,3-4H2;3-4H,1-2H2. The molecule has 90 valence electrons. The van der Waals surface area contributed by atoms with Crippen LogP contribution in [0, 0.1) is 0 Å². The topological polar surface area (TPSA) is 104 Å². The van der Waals surface area contributed by atoms with Crippen LogP contribution in [0.1, 0.15) is 12.8 Å². The average Bonchev–Trinajstić information content (AvgIpc) is 2.61. The summed E-state index contributed by atoms with van der Waals surface area (Å²) in [5.41, 5.74) is 0. The normalized spacial score (nSPS) is 14.2. The number of rotatable bonds is 3. The van der Waals surface area contributed by atoms with Gasteiger partial charge >= 0.3 is 5.97 Å². The van der Waals surface area contributed by atoms with Gasteiger partial charge in [-0.3, -0.25) is 9.59 Å². The maximum absolute atomic E-state index is 10.8. The van der Waals surface area contributed by atoms with E-state index >= 15 is 0 Å². The van der Waals surface area contributed by atoms with Crippen molar-refractivity contribution in [3.8, 4) is 0 Å². The highest BCUT2D eigenvalue weighted by Gasteiger charge is 2.32. The van der Waals surface area contributed by atoms with Crippen molar-refractivity contribution >= 4 is 17.8 Å². The maximum atomic E-state index is 10.8. The van der Waals surface area contributed by atoms with E-state index in [9.17, 15) is 14.4 Å². The van der Waals surface area contributed by atoms with Crippen LogP contribution < -0.4 is 0 Å². The second kappa shape index (κ2) is 7.55. The van der Waals surface area contributed by atoms with Crippen LogP contribution in [0.4, 0.5) is 0 Å². The van der Waals surface area contributed by atoms with E-state index in [-0.39, 0.29) is 26.1 Å². The number of aliphatic hydroxyl groups excluding tert-OH is 2. The smallest absolute Gasteiger partial charge is 0.356 e. The lowest BCUT2D eigenvalue weighted by Crippen LogP contribution is -2.31. The van der Waals surface area contributed by atoms with Gasteiger partial charge in [-0.25, -0.2) is 4.79 Å².